The van der Waals surface area contributed by atoms with Crippen LogP contribution < -0.4 is 15.8 Å². The Morgan fingerprint density at radius 2 is 1.89 bits per heavy atom. The molecule has 0 aliphatic rings. The molecule has 0 aromatic heterocycles. The summed E-state index contributed by atoms with van der Waals surface area (Å²) >= 11 is 0. The van der Waals surface area contributed by atoms with E-state index in [1.54, 1.807) is 7.11 Å². The fourth-order valence-electron chi connectivity index (χ4n) is 1.95. The molecule has 2 aromatic rings. The summed E-state index contributed by atoms with van der Waals surface area (Å²) in [6.07, 6.45) is 0. The van der Waals surface area contributed by atoms with Gasteiger partial charge in [0.15, 0.2) is 0 Å². The van der Waals surface area contributed by atoms with Gasteiger partial charge >= 0.3 is 0 Å². The highest BCUT2D eigenvalue weighted by molar-refractivity contribution is 5.84. The Bertz CT molecular complexity index is 523. The minimum Gasteiger partial charge on any atom is -0.497 e. The fourth-order valence-corrected chi connectivity index (χ4v) is 1.95. The van der Waals surface area contributed by atoms with Crippen LogP contribution in [0.5, 0.6) is 5.75 Å². The number of fused-ring (bicyclic) bond motifs is 1. The lowest BCUT2D eigenvalue weighted by molar-refractivity contribution is 0.415. The van der Waals surface area contributed by atoms with Gasteiger partial charge in [0, 0.05) is 19.1 Å². The number of nitrogens with one attached hydrogen (secondary N) is 1. The van der Waals surface area contributed by atoms with Gasteiger partial charge in [-0.2, -0.15) is 0 Å². The number of benzene rings is 2. The average molecular weight is 244 g/mol. The molecule has 0 spiro atoms. The Balaban J connectivity index is 2.12. The van der Waals surface area contributed by atoms with Crippen molar-refractivity contribution in [3.63, 3.8) is 0 Å². The Morgan fingerprint density at radius 1 is 1.17 bits per heavy atom. The molecule has 0 heterocycles. The van der Waals surface area contributed by atoms with Crippen LogP contribution >= 0.6 is 0 Å². The molecule has 2 rings (SSSR count). The molecule has 0 bridgehead atoms. The van der Waals surface area contributed by atoms with E-state index < -0.39 is 0 Å². The molecule has 3 heteroatoms. The van der Waals surface area contributed by atoms with Crippen molar-refractivity contribution in [2.75, 3.05) is 13.7 Å². The van der Waals surface area contributed by atoms with Crippen molar-refractivity contribution >= 4 is 10.8 Å². The van der Waals surface area contributed by atoms with Crippen molar-refractivity contribution in [2.45, 2.75) is 19.5 Å². The molecule has 96 valence electrons. The molecule has 0 saturated carbocycles. The van der Waals surface area contributed by atoms with Crippen LogP contribution in [0.15, 0.2) is 36.4 Å². The highest BCUT2D eigenvalue weighted by Gasteiger charge is 1.99. The van der Waals surface area contributed by atoms with Crippen molar-refractivity contribution < 1.29 is 4.74 Å². The number of hydrogen-bond acceptors (Lipinski definition) is 3. The summed E-state index contributed by atoms with van der Waals surface area (Å²) in [5.41, 5.74) is 6.97. The third kappa shape index (κ3) is 3.22. The van der Waals surface area contributed by atoms with Gasteiger partial charge in [-0.1, -0.05) is 18.2 Å². The van der Waals surface area contributed by atoms with Crippen LogP contribution in [0, 0.1) is 0 Å². The Labute approximate surface area is 108 Å². The molecule has 0 saturated heterocycles. The smallest absolute Gasteiger partial charge is 0.119 e. The van der Waals surface area contributed by atoms with Gasteiger partial charge in [0.25, 0.3) is 0 Å². The number of methoxy groups -OCH3 is 1. The molecule has 0 radical (unpaired) electrons. The van der Waals surface area contributed by atoms with Gasteiger partial charge in [-0.25, -0.2) is 0 Å². The van der Waals surface area contributed by atoms with Crippen molar-refractivity contribution in [3.05, 3.63) is 42.0 Å². The maximum absolute atomic E-state index is 5.70. The van der Waals surface area contributed by atoms with Crippen LogP contribution in [-0.2, 0) is 6.54 Å². The molecule has 18 heavy (non-hydrogen) atoms. The van der Waals surface area contributed by atoms with Gasteiger partial charge in [0.05, 0.1) is 7.11 Å². The molecule has 0 amide bonds. The Morgan fingerprint density at radius 3 is 2.61 bits per heavy atom. The molecular weight excluding hydrogens is 224 g/mol. The molecule has 0 aliphatic carbocycles. The van der Waals surface area contributed by atoms with E-state index in [2.05, 4.69) is 35.6 Å². The first kappa shape index (κ1) is 12.9. The van der Waals surface area contributed by atoms with E-state index >= 15 is 0 Å². The first-order valence-electron chi connectivity index (χ1n) is 6.22. The van der Waals surface area contributed by atoms with E-state index in [1.165, 1.54) is 16.3 Å². The van der Waals surface area contributed by atoms with Crippen LogP contribution in [0.25, 0.3) is 10.8 Å². The highest BCUT2D eigenvalue weighted by atomic mass is 16.5. The van der Waals surface area contributed by atoms with Crippen molar-refractivity contribution in [2.24, 2.45) is 5.73 Å². The third-order valence-corrected chi connectivity index (χ3v) is 2.91. The zero-order valence-electron chi connectivity index (χ0n) is 10.9. The number of rotatable bonds is 5. The van der Waals surface area contributed by atoms with Crippen LogP contribution in [0.3, 0.4) is 0 Å². The van der Waals surface area contributed by atoms with Crippen LogP contribution in [-0.4, -0.2) is 19.7 Å². The highest BCUT2D eigenvalue weighted by Crippen LogP contribution is 2.21. The summed E-state index contributed by atoms with van der Waals surface area (Å²) in [5, 5.41) is 5.77. The van der Waals surface area contributed by atoms with Crippen LogP contribution in [0.1, 0.15) is 12.5 Å². The molecule has 1 atom stereocenters. The van der Waals surface area contributed by atoms with E-state index in [-0.39, 0.29) is 6.04 Å². The maximum Gasteiger partial charge on any atom is 0.119 e. The SMILES string of the molecule is COc1ccc2cc(CNCC(C)N)ccc2c1. The lowest BCUT2D eigenvalue weighted by Gasteiger charge is -2.09. The fraction of sp³-hybridized carbons (Fsp3) is 0.333. The second kappa shape index (κ2) is 5.85. The molecule has 3 nitrogen and oxygen atoms in total. The molecule has 0 fully saturated rings. The number of nitrogens with two attached hydrogens (primary N) is 1. The summed E-state index contributed by atoms with van der Waals surface area (Å²) in [7, 11) is 1.69. The standard InChI is InChI=1S/C15H20N2O/c1-11(16)9-17-10-12-3-4-14-8-15(18-2)6-5-13(14)7-12/h3-8,11,17H,9-10,16H2,1-2H3. The van der Waals surface area contributed by atoms with E-state index in [9.17, 15) is 0 Å². The second-order valence-electron chi connectivity index (χ2n) is 4.66. The molecule has 1 unspecified atom stereocenters. The van der Waals surface area contributed by atoms with Gasteiger partial charge in [0.1, 0.15) is 5.75 Å². The molecule has 2 aromatic carbocycles. The summed E-state index contributed by atoms with van der Waals surface area (Å²) in [6, 6.07) is 12.8. The average Bonchev–Trinajstić information content (AvgIpc) is 2.37. The van der Waals surface area contributed by atoms with Gasteiger partial charge in [-0.05, 0) is 41.5 Å². The van der Waals surface area contributed by atoms with Crippen molar-refractivity contribution in [1.82, 2.24) is 5.32 Å². The predicted octanol–water partition coefficient (Wildman–Crippen LogP) is 2.29. The summed E-state index contributed by atoms with van der Waals surface area (Å²) in [4.78, 5) is 0. The zero-order chi connectivity index (χ0) is 13.0. The zero-order valence-corrected chi connectivity index (χ0v) is 10.9. The Kier molecular flexibility index (Phi) is 4.18. The first-order valence-corrected chi connectivity index (χ1v) is 6.22. The third-order valence-electron chi connectivity index (χ3n) is 2.91. The minimum atomic E-state index is 0.190. The van der Waals surface area contributed by atoms with Gasteiger partial charge in [0.2, 0.25) is 0 Å². The van der Waals surface area contributed by atoms with E-state index in [0.717, 1.165) is 18.8 Å². The van der Waals surface area contributed by atoms with E-state index in [0.29, 0.717) is 0 Å². The second-order valence-corrected chi connectivity index (χ2v) is 4.66. The van der Waals surface area contributed by atoms with Crippen molar-refractivity contribution in [3.8, 4) is 5.75 Å². The van der Waals surface area contributed by atoms with Gasteiger partial charge in [-0.3, -0.25) is 0 Å². The van der Waals surface area contributed by atoms with Crippen LogP contribution in [0.4, 0.5) is 0 Å². The quantitative estimate of drug-likeness (QED) is 0.848. The summed E-state index contributed by atoms with van der Waals surface area (Å²) < 4.78 is 5.22. The van der Waals surface area contributed by atoms with E-state index in [4.69, 9.17) is 10.5 Å². The lowest BCUT2D eigenvalue weighted by Crippen LogP contribution is -2.30. The van der Waals surface area contributed by atoms with Gasteiger partial charge in [-0.15, -0.1) is 0 Å². The summed E-state index contributed by atoms with van der Waals surface area (Å²) in [5.74, 6) is 0.894. The molecule has 0 aliphatic heterocycles. The predicted molar refractivity (Wildman–Crippen MR) is 75.9 cm³/mol. The van der Waals surface area contributed by atoms with Crippen LogP contribution in [0.2, 0.25) is 0 Å². The number of hydrogen-bond donors (Lipinski definition) is 2. The molecular formula is C15H20N2O. The monoisotopic (exact) mass is 244 g/mol. The maximum atomic E-state index is 5.70. The summed E-state index contributed by atoms with van der Waals surface area (Å²) in [6.45, 7) is 3.68. The minimum absolute atomic E-state index is 0.190. The van der Waals surface area contributed by atoms with Crippen molar-refractivity contribution in [1.29, 1.82) is 0 Å². The normalized spacial score (nSPS) is 12.6. The lowest BCUT2D eigenvalue weighted by atomic mass is 10.1. The Hall–Kier alpha value is -1.58. The number of ether oxygens (including phenoxy) is 1. The van der Waals surface area contributed by atoms with Gasteiger partial charge < -0.3 is 15.8 Å². The topological polar surface area (TPSA) is 47.3 Å². The first-order chi connectivity index (χ1) is 8.69. The van der Waals surface area contributed by atoms with E-state index in [1.807, 2.05) is 13.0 Å². The largest absolute Gasteiger partial charge is 0.497 e. The molecule has 3 N–H and O–H groups in total.